The van der Waals surface area contributed by atoms with Gasteiger partial charge in [-0.2, -0.15) is 0 Å². The van der Waals surface area contributed by atoms with Crippen LogP contribution in [0.5, 0.6) is 11.5 Å². The van der Waals surface area contributed by atoms with E-state index < -0.39 is 0 Å². The van der Waals surface area contributed by atoms with Gasteiger partial charge in [0.2, 0.25) is 6.79 Å². The summed E-state index contributed by atoms with van der Waals surface area (Å²) >= 11 is 6.13. The highest BCUT2D eigenvalue weighted by Gasteiger charge is 2.20. The van der Waals surface area contributed by atoms with E-state index in [2.05, 4.69) is 36.2 Å². The molecule has 1 heterocycles. The number of hydrogen-bond acceptors (Lipinski definition) is 4. The number of nitrogens with zero attached hydrogens (tertiary/aromatic N) is 1. The van der Waals surface area contributed by atoms with Crippen LogP contribution in [0.2, 0.25) is 5.02 Å². The summed E-state index contributed by atoms with van der Waals surface area (Å²) in [5.41, 5.74) is 2.78. The van der Waals surface area contributed by atoms with Gasteiger partial charge in [-0.25, -0.2) is 0 Å². The molecule has 1 N–H and O–H groups in total. The number of halogens is 1. The average molecular weight is 375 g/mol. The smallest absolute Gasteiger partial charge is 0.251 e. The highest BCUT2D eigenvalue weighted by atomic mass is 35.5. The van der Waals surface area contributed by atoms with Crippen molar-refractivity contribution in [3.8, 4) is 11.5 Å². The minimum absolute atomic E-state index is 0.125. The average Bonchev–Trinajstić information content (AvgIpc) is 3.14. The first-order valence-corrected chi connectivity index (χ1v) is 9.16. The third-order valence-corrected chi connectivity index (χ3v) is 4.75. The molecule has 0 bridgehead atoms. The standard InChI is InChI=1S/C20H23ClN2O3/c1-3-23(4-2)12-15-7-5-14(6-8-15)11-22-20(24)16-9-17(21)19-18(10-16)25-13-26-19/h5-10H,3-4,11-13H2,1-2H3,(H,22,24). The summed E-state index contributed by atoms with van der Waals surface area (Å²) in [6, 6.07) is 11.6. The predicted octanol–water partition coefficient (Wildman–Crippen LogP) is 3.84. The number of benzene rings is 2. The quantitative estimate of drug-likeness (QED) is 0.800. The van der Waals surface area contributed by atoms with Gasteiger partial charge < -0.3 is 14.8 Å². The van der Waals surface area contributed by atoms with Crippen LogP contribution in [-0.2, 0) is 13.1 Å². The van der Waals surface area contributed by atoms with Crippen molar-refractivity contribution in [1.29, 1.82) is 0 Å². The zero-order valence-corrected chi connectivity index (χ0v) is 15.8. The summed E-state index contributed by atoms with van der Waals surface area (Å²) in [6.45, 7) is 7.91. The van der Waals surface area contributed by atoms with Crippen molar-refractivity contribution in [2.75, 3.05) is 19.9 Å². The molecule has 0 radical (unpaired) electrons. The Kier molecular flexibility index (Phi) is 6.01. The van der Waals surface area contributed by atoms with Crippen molar-refractivity contribution in [3.63, 3.8) is 0 Å². The van der Waals surface area contributed by atoms with Crippen molar-refractivity contribution in [2.45, 2.75) is 26.9 Å². The third kappa shape index (κ3) is 4.29. The van der Waals surface area contributed by atoms with Gasteiger partial charge in [-0.15, -0.1) is 0 Å². The highest BCUT2D eigenvalue weighted by molar-refractivity contribution is 6.32. The summed E-state index contributed by atoms with van der Waals surface area (Å²) < 4.78 is 10.6. The van der Waals surface area contributed by atoms with Gasteiger partial charge in [0.05, 0.1) is 5.02 Å². The van der Waals surface area contributed by atoms with Crippen LogP contribution in [-0.4, -0.2) is 30.7 Å². The van der Waals surface area contributed by atoms with Gasteiger partial charge in [0, 0.05) is 18.7 Å². The zero-order valence-electron chi connectivity index (χ0n) is 15.0. The van der Waals surface area contributed by atoms with E-state index in [-0.39, 0.29) is 12.7 Å². The van der Waals surface area contributed by atoms with E-state index in [0.717, 1.165) is 25.2 Å². The number of hydrogen-bond donors (Lipinski definition) is 1. The molecule has 0 fully saturated rings. The fourth-order valence-corrected chi connectivity index (χ4v) is 3.12. The summed E-state index contributed by atoms with van der Waals surface area (Å²) in [5.74, 6) is 0.799. The maximum Gasteiger partial charge on any atom is 0.251 e. The largest absolute Gasteiger partial charge is 0.454 e. The van der Waals surface area contributed by atoms with Crippen LogP contribution in [0.4, 0.5) is 0 Å². The second-order valence-corrected chi connectivity index (χ2v) is 6.56. The summed E-state index contributed by atoms with van der Waals surface area (Å²) in [5, 5.41) is 3.29. The molecule has 1 aliphatic rings. The number of carbonyl (C=O) groups is 1. The molecular formula is C20H23ClN2O3. The van der Waals surface area contributed by atoms with Crippen LogP contribution in [0.15, 0.2) is 36.4 Å². The molecule has 0 unspecified atom stereocenters. The van der Waals surface area contributed by atoms with Gasteiger partial charge in [-0.3, -0.25) is 9.69 Å². The van der Waals surface area contributed by atoms with Crippen LogP contribution in [0.1, 0.15) is 35.3 Å². The van der Waals surface area contributed by atoms with Gasteiger partial charge in [0.15, 0.2) is 11.5 Å². The first kappa shape index (κ1) is 18.5. The number of fused-ring (bicyclic) bond motifs is 1. The van der Waals surface area contributed by atoms with Gasteiger partial charge in [0.1, 0.15) is 0 Å². The fraction of sp³-hybridized carbons (Fsp3) is 0.350. The molecule has 0 atom stereocenters. The van der Waals surface area contributed by atoms with Gasteiger partial charge in [0.25, 0.3) is 5.91 Å². The third-order valence-electron chi connectivity index (χ3n) is 4.47. The maximum atomic E-state index is 12.4. The number of rotatable bonds is 7. The van der Waals surface area contributed by atoms with E-state index in [4.69, 9.17) is 21.1 Å². The lowest BCUT2D eigenvalue weighted by Crippen LogP contribution is -2.23. The molecule has 6 heteroatoms. The lowest BCUT2D eigenvalue weighted by Gasteiger charge is -2.18. The van der Waals surface area contributed by atoms with Crippen LogP contribution in [0.25, 0.3) is 0 Å². The Morgan fingerprint density at radius 3 is 2.50 bits per heavy atom. The minimum atomic E-state index is -0.197. The molecule has 2 aromatic carbocycles. The van der Waals surface area contributed by atoms with Gasteiger partial charge >= 0.3 is 0 Å². The molecule has 3 rings (SSSR count). The monoisotopic (exact) mass is 374 g/mol. The van der Waals surface area contributed by atoms with E-state index in [9.17, 15) is 4.79 Å². The van der Waals surface area contributed by atoms with Crippen molar-refractivity contribution in [3.05, 3.63) is 58.1 Å². The van der Waals surface area contributed by atoms with Crippen molar-refractivity contribution < 1.29 is 14.3 Å². The first-order chi connectivity index (χ1) is 12.6. The summed E-state index contributed by atoms with van der Waals surface area (Å²) in [7, 11) is 0. The maximum absolute atomic E-state index is 12.4. The second-order valence-electron chi connectivity index (χ2n) is 6.15. The van der Waals surface area contributed by atoms with E-state index in [1.54, 1.807) is 12.1 Å². The number of nitrogens with one attached hydrogen (secondary N) is 1. The molecule has 0 saturated carbocycles. The van der Waals surface area contributed by atoms with Crippen molar-refractivity contribution in [1.82, 2.24) is 10.2 Å². The molecule has 138 valence electrons. The normalized spacial score (nSPS) is 12.5. The molecule has 26 heavy (non-hydrogen) atoms. The lowest BCUT2D eigenvalue weighted by atomic mass is 10.1. The fourth-order valence-electron chi connectivity index (χ4n) is 2.85. The molecule has 0 aromatic heterocycles. The van der Waals surface area contributed by atoms with Crippen LogP contribution < -0.4 is 14.8 Å². The molecule has 1 aliphatic heterocycles. The first-order valence-electron chi connectivity index (χ1n) is 8.78. The van der Waals surface area contributed by atoms with E-state index in [1.165, 1.54) is 5.56 Å². The van der Waals surface area contributed by atoms with Crippen molar-refractivity contribution >= 4 is 17.5 Å². The summed E-state index contributed by atoms with van der Waals surface area (Å²) in [4.78, 5) is 14.7. The number of amides is 1. The SMILES string of the molecule is CCN(CC)Cc1ccc(CNC(=O)c2cc(Cl)c3c(c2)OCO3)cc1. The number of carbonyl (C=O) groups excluding carboxylic acids is 1. The molecule has 0 saturated heterocycles. The summed E-state index contributed by atoms with van der Waals surface area (Å²) in [6.07, 6.45) is 0. The minimum Gasteiger partial charge on any atom is -0.454 e. The zero-order chi connectivity index (χ0) is 18.5. The molecule has 2 aromatic rings. The molecular weight excluding hydrogens is 352 g/mol. The molecule has 0 spiro atoms. The topological polar surface area (TPSA) is 50.8 Å². The van der Waals surface area contributed by atoms with Crippen LogP contribution in [0, 0.1) is 0 Å². The van der Waals surface area contributed by atoms with Crippen molar-refractivity contribution in [2.24, 2.45) is 0 Å². The Bertz CT molecular complexity index is 773. The predicted molar refractivity (Wildman–Crippen MR) is 102 cm³/mol. The van der Waals surface area contributed by atoms with Crippen LogP contribution >= 0.6 is 11.6 Å². The van der Waals surface area contributed by atoms with E-state index >= 15 is 0 Å². The Hall–Kier alpha value is -2.24. The Morgan fingerprint density at radius 2 is 1.81 bits per heavy atom. The molecule has 0 aliphatic carbocycles. The molecule has 5 nitrogen and oxygen atoms in total. The Morgan fingerprint density at radius 1 is 1.12 bits per heavy atom. The van der Waals surface area contributed by atoms with Gasteiger partial charge in [-0.05, 0) is 36.3 Å². The lowest BCUT2D eigenvalue weighted by molar-refractivity contribution is 0.0950. The van der Waals surface area contributed by atoms with Crippen LogP contribution in [0.3, 0.4) is 0 Å². The Balaban J connectivity index is 1.59. The van der Waals surface area contributed by atoms with E-state index in [1.807, 2.05) is 12.1 Å². The highest BCUT2D eigenvalue weighted by Crippen LogP contribution is 2.39. The van der Waals surface area contributed by atoms with E-state index in [0.29, 0.717) is 28.6 Å². The molecule has 1 amide bonds. The number of ether oxygens (including phenoxy) is 2. The second kappa shape index (κ2) is 8.43. The van der Waals surface area contributed by atoms with Gasteiger partial charge in [-0.1, -0.05) is 49.7 Å². The Labute approximate surface area is 158 Å².